The molecule has 1 aromatic carbocycles. The standard InChI is InChI=1S/C12H13NO3/c14-10(11(15)16)13-8-12(6-7-12)9-4-2-1-3-5-9/h1-5H,6-8H2,(H,13,14)(H,15,16). The Balaban J connectivity index is 2.00. The summed E-state index contributed by atoms with van der Waals surface area (Å²) in [6, 6.07) is 9.87. The molecule has 0 bridgehead atoms. The monoisotopic (exact) mass is 219 g/mol. The van der Waals surface area contributed by atoms with Crippen LogP contribution in [0.2, 0.25) is 0 Å². The molecule has 84 valence electrons. The molecule has 1 aliphatic carbocycles. The first-order valence-corrected chi connectivity index (χ1v) is 5.21. The first-order chi connectivity index (χ1) is 7.64. The van der Waals surface area contributed by atoms with Crippen molar-refractivity contribution in [3.8, 4) is 0 Å². The summed E-state index contributed by atoms with van der Waals surface area (Å²) in [5, 5.41) is 10.9. The van der Waals surface area contributed by atoms with Crippen molar-refractivity contribution in [3.63, 3.8) is 0 Å². The molecular formula is C12H13NO3. The van der Waals surface area contributed by atoms with E-state index in [-0.39, 0.29) is 5.41 Å². The Kier molecular flexibility index (Phi) is 2.64. The van der Waals surface area contributed by atoms with E-state index < -0.39 is 11.9 Å². The highest BCUT2D eigenvalue weighted by atomic mass is 16.4. The second-order valence-electron chi connectivity index (χ2n) is 4.13. The fourth-order valence-corrected chi connectivity index (χ4v) is 1.84. The summed E-state index contributed by atoms with van der Waals surface area (Å²) in [4.78, 5) is 21.3. The zero-order chi connectivity index (χ0) is 11.6. The summed E-state index contributed by atoms with van der Waals surface area (Å²) in [5.41, 5.74) is 1.13. The minimum atomic E-state index is -1.43. The highest BCUT2D eigenvalue weighted by molar-refractivity contribution is 6.31. The largest absolute Gasteiger partial charge is 0.474 e. The number of carboxylic acid groups (broad SMARTS) is 1. The molecule has 0 heterocycles. The molecule has 0 saturated heterocycles. The fraction of sp³-hybridized carbons (Fsp3) is 0.333. The second-order valence-corrected chi connectivity index (χ2v) is 4.13. The lowest BCUT2D eigenvalue weighted by Gasteiger charge is -2.15. The quantitative estimate of drug-likeness (QED) is 0.743. The molecule has 1 fully saturated rings. The Labute approximate surface area is 93.3 Å². The number of carboxylic acids is 1. The maximum absolute atomic E-state index is 10.9. The van der Waals surface area contributed by atoms with Crippen molar-refractivity contribution in [2.45, 2.75) is 18.3 Å². The Bertz CT molecular complexity index is 410. The third-order valence-corrected chi connectivity index (χ3v) is 3.02. The second kappa shape index (κ2) is 3.96. The summed E-state index contributed by atoms with van der Waals surface area (Å²) in [5.74, 6) is -2.36. The predicted octanol–water partition coefficient (Wildman–Crippen LogP) is 0.919. The number of aliphatic carboxylic acids is 1. The lowest BCUT2D eigenvalue weighted by molar-refractivity contribution is -0.150. The van der Waals surface area contributed by atoms with Crippen LogP contribution in [0.1, 0.15) is 18.4 Å². The number of hydrogen-bond donors (Lipinski definition) is 2. The molecule has 0 aromatic heterocycles. The van der Waals surface area contributed by atoms with Gasteiger partial charge in [0.25, 0.3) is 0 Å². The average molecular weight is 219 g/mol. The minimum absolute atomic E-state index is 0.0353. The zero-order valence-electron chi connectivity index (χ0n) is 8.77. The van der Waals surface area contributed by atoms with Gasteiger partial charge in [-0.3, -0.25) is 4.79 Å². The lowest BCUT2D eigenvalue weighted by atomic mass is 9.96. The van der Waals surface area contributed by atoms with E-state index in [1.807, 2.05) is 30.3 Å². The number of amides is 1. The molecule has 0 atom stereocenters. The van der Waals surface area contributed by atoms with Gasteiger partial charge in [0.05, 0.1) is 0 Å². The van der Waals surface area contributed by atoms with Crippen LogP contribution in [0.4, 0.5) is 0 Å². The van der Waals surface area contributed by atoms with Crippen LogP contribution in [0.5, 0.6) is 0 Å². The van der Waals surface area contributed by atoms with E-state index in [2.05, 4.69) is 5.32 Å². The van der Waals surface area contributed by atoms with Gasteiger partial charge in [-0.15, -0.1) is 0 Å². The Morgan fingerprint density at radius 2 is 1.88 bits per heavy atom. The lowest BCUT2D eigenvalue weighted by Crippen LogP contribution is -2.36. The van der Waals surface area contributed by atoms with Gasteiger partial charge >= 0.3 is 11.9 Å². The van der Waals surface area contributed by atoms with Crippen molar-refractivity contribution in [2.24, 2.45) is 0 Å². The summed E-state index contributed by atoms with van der Waals surface area (Å²) < 4.78 is 0. The van der Waals surface area contributed by atoms with Crippen molar-refractivity contribution in [1.82, 2.24) is 5.32 Å². The first-order valence-electron chi connectivity index (χ1n) is 5.21. The SMILES string of the molecule is O=C(O)C(=O)NCC1(c2ccccc2)CC1. The smallest absolute Gasteiger partial charge is 0.394 e. The van der Waals surface area contributed by atoms with Crippen molar-refractivity contribution in [2.75, 3.05) is 6.54 Å². The molecular weight excluding hydrogens is 206 g/mol. The minimum Gasteiger partial charge on any atom is -0.474 e. The maximum Gasteiger partial charge on any atom is 0.394 e. The van der Waals surface area contributed by atoms with Crippen LogP contribution in [0, 0.1) is 0 Å². The van der Waals surface area contributed by atoms with Gasteiger partial charge in [-0.25, -0.2) is 4.79 Å². The normalized spacial score (nSPS) is 16.5. The topological polar surface area (TPSA) is 66.4 Å². The van der Waals surface area contributed by atoms with Crippen molar-refractivity contribution in [1.29, 1.82) is 0 Å². The van der Waals surface area contributed by atoms with Gasteiger partial charge in [0.2, 0.25) is 0 Å². The van der Waals surface area contributed by atoms with E-state index in [4.69, 9.17) is 5.11 Å². The van der Waals surface area contributed by atoms with Crippen LogP contribution in [0.15, 0.2) is 30.3 Å². The zero-order valence-corrected chi connectivity index (χ0v) is 8.77. The molecule has 0 aliphatic heterocycles. The van der Waals surface area contributed by atoms with Crippen molar-refractivity contribution in [3.05, 3.63) is 35.9 Å². The highest BCUT2D eigenvalue weighted by Crippen LogP contribution is 2.47. The molecule has 1 amide bonds. The molecule has 2 N–H and O–H groups in total. The van der Waals surface area contributed by atoms with E-state index >= 15 is 0 Å². The Morgan fingerprint density at radius 3 is 2.38 bits per heavy atom. The molecule has 1 saturated carbocycles. The van der Waals surface area contributed by atoms with E-state index in [0.29, 0.717) is 6.54 Å². The summed E-state index contributed by atoms with van der Waals surface area (Å²) in [6.45, 7) is 0.405. The van der Waals surface area contributed by atoms with E-state index in [1.54, 1.807) is 0 Å². The van der Waals surface area contributed by atoms with Gasteiger partial charge in [0, 0.05) is 12.0 Å². The molecule has 0 radical (unpaired) electrons. The van der Waals surface area contributed by atoms with Crippen molar-refractivity contribution < 1.29 is 14.7 Å². The molecule has 16 heavy (non-hydrogen) atoms. The van der Waals surface area contributed by atoms with Gasteiger partial charge < -0.3 is 10.4 Å². The molecule has 0 spiro atoms. The van der Waals surface area contributed by atoms with Crippen LogP contribution in [-0.4, -0.2) is 23.5 Å². The predicted molar refractivity (Wildman–Crippen MR) is 58.0 cm³/mol. The van der Waals surface area contributed by atoms with Gasteiger partial charge in [-0.1, -0.05) is 30.3 Å². The summed E-state index contributed by atoms with van der Waals surface area (Å²) in [7, 11) is 0. The van der Waals surface area contributed by atoms with Crippen LogP contribution in [0.3, 0.4) is 0 Å². The third kappa shape index (κ3) is 2.05. The van der Waals surface area contributed by atoms with Crippen molar-refractivity contribution >= 4 is 11.9 Å². The number of hydrogen-bond acceptors (Lipinski definition) is 2. The summed E-state index contributed by atoms with van der Waals surface area (Å²) in [6.07, 6.45) is 1.99. The van der Waals surface area contributed by atoms with Crippen LogP contribution >= 0.6 is 0 Å². The van der Waals surface area contributed by atoms with E-state index in [0.717, 1.165) is 12.8 Å². The van der Waals surface area contributed by atoms with Gasteiger partial charge in [0.15, 0.2) is 0 Å². The average Bonchev–Trinajstić information content (AvgIpc) is 3.08. The number of carbonyl (C=O) groups is 2. The third-order valence-electron chi connectivity index (χ3n) is 3.02. The Morgan fingerprint density at radius 1 is 1.25 bits per heavy atom. The van der Waals surface area contributed by atoms with Gasteiger partial charge in [0.1, 0.15) is 0 Å². The maximum atomic E-state index is 10.9. The van der Waals surface area contributed by atoms with E-state index in [9.17, 15) is 9.59 Å². The molecule has 2 rings (SSSR count). The number of nitrogens with one attached hydrogen (secondary N) is 1. The molecule has 4 nitrogen and oxygen atoms in total. The molecule has 4 heteroatoms. The highest BCUT2D eigenvalue weighted by Gasteiger charge is 2.44. The van der Waals surface area contributed by atoms with E-state index in [1.165, 1.54) is 5.56 Å². The number of carbonyl (C=O) groups excluding carboxylic acids is 1. The van der Waals surface area contributed by atoms with Crippen LogP contribution in [0.25, 0.3) is 0 Å². The van der Waals surface area contributed by atoms with Gasteiger partial charge in [-0.2, -0.15) is 0 Å². The first kappa shape index (κ1) is 10.7. The Hall–Kier alpha value is -1.84. The fourth-order valence-electron chi connectivity index (χ4n) is 1.84. The molecule has 1 aromatic rings. The van der Waals surface area contributed by atoms with Gasteiger partial charge in [-0.05, 0) is 18.4 Å². The number of rotatable bonds is 3. The molecule has 0 unspecified atom stereocenters. The molecule has 1 aliphatic rings. The number of benzene rings is 1. The van der Waals surface area contributed by atoms with Crippen LogP contribution in [-0.2, 0) is 15.0 Å². The van der Waals surface area contributed by atoms with Crippen LogP contribution < -0.4 is 5.32 Å². The summed E-state index contributed by atoms with van der Waals surface area (Å²) >= 11 is 0.